The minimum absolute atomic E-state index is 0.104. The molecule has 1 aliphatic heterocycles. The Labute approximate surface area is 222 Å². The highest BCUT2D eigenvalue weighted by Crippen LogP contribution is 2.51. The predicted molar refractivity (Wildman–Crippen MR) is 149 cm³/mol. The van der Waals surface area contributed by atoms with Gasteiger partial charge >= 0.3 is 0 Å². The summed E-state index contributed by atoms with van der Waals surface area (Å²) >= 11 is 0. The summed E-state index contributed by atoms with van der Waals surface area (Å²) in [5, 5.41) is 22.6. The van der Waals surface area contributed by atoms with Crippen LogP contribution in [0.25, 0.3) is 17.0 Å². The number of aromatic nitrogens is 1. The van der Waals surface area contributed by atoms with E-state index in [0.717, 1.165) is 23.1 Å². The Balaban J connectivity index is 1.99. The number of nitrogens with zero attached hydrogens (tertiary/aromatic N) is 1. The number of rotatable bonds is 3. The number of carbonyl (C=O) groups excluding carboxylic acids is 1. The number of hydrogen-bond acceptors (Lipinski definition) is 5. The van der Waals surface area contributed by atoms with Gasteiger partial charge in [-0.1, -0.05) is 49.1 Å². The average molecular weight is 504 g/mol. The molecule has 0 amide bonds. The molecule has 5 nitrogen and oxygen atoms in total. The van der Waals surface area contributed by atoms with Gasteiger partial charge in [-0.2, -0.15) is 0 Å². The second-order valence-electron chi connectivity index (χ2n) is 9.56. The molecule has 1 aromatic heterocycles. The maximum atomic E-state index is 13.1. The first-order valence-electron chi connectivity index (χ1n) is 12.6. The average Bonchev–Trinajstić information content (AvgIpc) is 2.93. The van der Waals surface area contributed by atoms with Crippen molar-refractivity contribution < 1.29 is 19.7 Å². The van der Waals surface area contributed by atoms with Crippen molar-refractivity contribution in [1.29, 1.82) is 0 Å². The van der Waals surface area contributed by atoms with Gasteiger partial charge in [-0.05, 0) is 73.4 Å². The summed E-state index contributed by atoms with van der Waals surface area (Å²) < 4.78 is 6.69. The Morgan fingerprint density at radius 2 is 1.74 bits per heavy atom. The summed E-state index contributed by atoms with van der Waals surface area (Å²) in [5.41, 5.74) is 4.80. The molecule has 190 valence electrons. The molecular formula is C33H29NO4. The molecule has 0 fully saturated rings. The summed E-state index contributed by atoms with van der Waals surface area (Å²) in [7, 11) is 0. The highest BCUT2D eigenvalue weighted by molar-refractivity contribution is 6.01. The first-order valence-corrected chi connectivity index (χ1v) is 12.6. The molecule has 2 heterocycles. The van der Waals surface area contributed by atoms with Crippen LogP contribution in [-0.4, -0.2) is 27.6 Å². The van der Waals surface area contributed by atoms with E-state index in [2.05, 4.69) is 16.8 Å². The fourth-order valence-electron chi connectivity index (χ4n) is 5.39. The van der Waals surface area contributed by atoms with Crippen LogP contribution in [0.2, 0.25) is 0 Å². The summed E-state index contributed by atoms with van der Waals surface area (Å²) in [6.45, 7) is 7.41. The van der Waals surface area contributed by atoms with Crippen LogP contribution in [-0.2, 0) is 10.3 Å². The molecule has 38 heavy (non-hydrogen) atoms. The van der Waals surface area contributed by atoms with Gasteiger partial charge in [0.25, 0.3) is 0 Å². The molecule has 5 heteroatoms. The maximum Gasteiger partial charge on any atom is 0.188 e. The largest absolute Gasteiger partial charge is 0.507 e. The van der Waals surface area contributed by atoms with E-state index in [4.69, 9.17) is 4.74 Å². The fourth-order valence-corrected chi connectivity index (χ4v) is 5.39. The number of benzene rings is 3. The number of allylic oxidation sites excluding steroid dienone is 1. The van der Waals surface area contributed by atoms with Crippen molar-refractivity contribution >= 4 is 22.8 Å². The van der Waals surface area contributed by atoms with Gasteiger partial charge in [0.05, 0.1) is 0 Å². The van der Waals surface area contributed by atoms with Gasteiger partial charge in [0.1, 0.15) is 29.2 Å². The standard InChI is InChI=1S/C33H29NO4/c1-5-6-7-8-12-23-22(4)31(36)20(2)17-27(23)33(26-15-10-9-13-24(26)29(35)19-38-33)28-18-21(3)32(37)30-25(28)14-11-16-34-30/h8-18,36-37H,5,19H2,1-4H3/b12-8-. The monoisotopic (exact) mass is 503 g/mol. The Kier molecular flexibility index (Phi) is 6.52. The number of ether oxygens (including phenoxy) is 1. The third-order valence-electron chi connectivity index (χ3n) is 7.24. The third-order valence-corrected chi connectivity index (χ3v) is 7.24. The minimum atomic E-state index is -1.23. The van der Waals surface area contributed by atoms with Crippen LogP contribution in [0.5, 0.6) is 11.5 Å². The number of phenolic OH excluding ortho intramolecular Hbond substituents is 2. The maximum absolute atomic E-state index is 13.1. The molecule has 0 saturated carbocycles. The molecular weight excluding hydrogens is 474 g/mol. The van der Waals surface area contributed by atoms with Crippen LogP contribution < -0.4 is 0 Å². The number of aryl methyl sites for hydroxylation is 2. The minimum Gasteiger partial charge on any atom is -0.507 e. The Hall–Kier alpha value is -4.40. The molecule has 0 saturated heterocycles. The molecule has 4 aromatic rings. The number of carbonyl (C=O) groups is 1. The summed E-state index contributed by atoms with van der Waals surface area (Å²) in [4.78, 5) is 17.6. The molecule has 1 atom stereocenters. The topological polar surface area (TPSA) is 79.7 Å². The first-order chi connectivity index (χ1) is 18.3. The zero-order chi connectivity index (χ0) is 27.0. The number of pyridine rings is 1. The van der Waals surface area contributed by atoms with E-state index in [-0.39, 0.29) is 23.9 Å². The molecule has 3 aromatic carbocycles. The predicted octanol–water partition coefficient (Wildman–Crippen LogP) is 6.50. The van der Waals surface area contributed by atoms with E-state index in [0.29, 0.717) is 38.7 Å². The number of hydrogen-bond donors (Lipinski definition) is 2. The van der Waals surface area contributed by atoms with E-state index >= 15 is 0 Å². The summed E-state index contributed by atoms with van der Waals surface area (Å²) in [6.07, 6.45) is 6.04. The quantitative estimate of drug-likeness (QED) is 0.312. The molecule has 0 radical (unpaired) electrons. The second-order valence-corrected chi connectivity index (χ2v) is 9.56. The molecule has 0 spiro atoms. The van der Waals surface area contributed by atoms with Gasteiger partial charge in [-0.3, -0.25) is 9.78 Å². The van der Waals surface area contributed by atoms with E-state index in [1.165, 1.54) is 0 Å². The lowest BCUT2D eigenvalue weighted by Gasteiger charge is -2.41. The lowest BCUT2D eigenvalue weighted by atomic mass is 9.72. The smallest absolute Gasteiger partial charge is 0.188 e. The van der Waals surface area contributed by atoms with Crippen molar-refractivity contribution in [3.63, 3.8) is 0 Å². The van der Waals surface area contributed by atoms with Crippen LogP contribution in [0.15, 0.2) is 60.8 Å². The number of ketones is 1. The molecule has 1 unspecified atom stereocenters. The van der Waals surface area contributed by atoms with E-state index < -0.39 is 5.60 Å². The number of Topliss-reactive ketones (excluding diaryl/α,β-unsaturated/α-hetero) is 1. The van der Waals surface area contributed by atoms with E-state index in [1.54, 1.807) is 12.3 Å². The second kappa shape index (κ2) is 9.81. The molecule has 1 aliphatic rings. The van der Waals surface area contributed by atoms with Crippen LogP contribution in [0.4, 0.5) is 0 Å². The highest BCUT2D eigenvalue weighted by atomic mass is 16.5. The van der Waals surface area contributed by atoms with Crippen molar-refractivity contribution in [3.05, 3.63) is 105 Å². The number of fused-ring (bicyclic) bond motifs is 2. The van der Waals surface area contributed by atoms with Gasteiger partial charge < -0.3 is 14.9 Å². The lowest BCUT2D eigenvalue weighted by molar-refractivity contribution is 0.00799. The zero-order valence-corrected chi connectivity index (χ0v) is 21.9. The zero-order valence-electron chi connectivity index (χ0n) is 21.9. The van der Waals surface area contributed by atoms with Crippen molar-refractivity contribution in [3.8, 4) is 23.3 Å². The Morgan fingerprint density at radius 1 is 1.00 bits per heavy atom. The van der Waals surface area contributed by atoms with E-state index in [9.17, 15) is 15.0 Å². The Morgan fingerprint density at radius 3 is 2.53 bits per heavy atom. The van der Waals surface area contributed by atoms with Crippen LogP contribution in [0.1, 0.15) is 62.6 Å². The highest BCUT2D eigenvalue weighted by Gasteiger charge is 2.46. The SMILES string of the molecule is CCC#C/C=C\c1c(C2(c3cc(C)c(O)c4ncccc34)OCC(=O)c3ccccc32)cc(C)c(O)c1C. The van der Waals surface area contributed by atoms with Gasteiger partial charge in [0.2, 0.25) is 0 Å². The van der Waals surface area contributed by atoms with Crippen molar-refractivity contribution in [2.24, 2.45) is 0 Å². The van der Waals surface area contributed by atoms with Crippen LogP contribution in [0.3, 0.4) is 0 Å². The molecule has 5 rings (SSSR count). The van der Waals surface area contributed by atoms with Gasteiger partial charge in [-0.25, -0.2) is 0 Å². The van der Waals surface area contributed by atoms with Crippen molar-refractivity contribution in [2.75, 3.05) is 6.61 Å². The Bertz CT molecular complexity index is 1690. The third kappa shape index (κ3) is 3.86. The lowest BCUT2D eigenvalue weighted by Crippen LogP contribution is -2.41. The normalized spacial score (nSPS) is 16.9. The van der Waals surface area contributed by atoms with Gasteiger partial charge in [0.15, 0.2) is 5.78 Å². The number of phenols is 2. The molecule has 2 N–H and O–H groups in total. The van der Waals surface area contributed by atoms with Crippen molar-refractivity contribution in [1.82, 2.24) is 4.98 Å². The van der Waals surface area contributed by atoms with E-state index in [1.807, 2.05) is 82.3 Å². The molecule has 0 aliphatic carbocycles. The van der Waals surface area contributed by atoms with Gasteiger partial charge in [-0.15, -0.1) is 0 Å². The van der Waals surface area contributed by atoms with Crippen molar-refractivity contribution in [2.45, 2.75) is 39.7 Å². The summed E-state index contributed by atoms with van der Waals surface area (Å²) in [5.74, 6) is 6.30. The van der Waals surface area contributed by atoms with Gasteiger partial charge in [0, 0.05) is 40.3 Å². The molecule has 0 bridgehead atoms. The first kappa shape index (κ1) is 25.3. The fraction of sp³-hybridized carbons (Fsp3) is 0.212. The van der Waals surface area contributed by atoms with Crippen LogP contribution >= 0.6 is 0 Å². The van der Waals surface area contributed by atoms with Crippen LogP contribution in [0, 0.1) is 32.6 Å². The number of aromatic hydroxyl groups is 2. The summed E-state index contributed by atoms with van der Waals surface area (Å²) in [6, 6.07) is 15.0.